The first kappa shape index (κ1) is 8.96. The van der Waals surface area contributed by atoms with Crippen molar-refractivity contribution in [3.05, 3.63) is 36.0 Å². The molecule has 0 aliphatic carbocycles. The summed E-state index contributed by atoms with van der Waals surface area (Å²) >= 11 is 0. The summed E-state index contributed by atoms with van der Waals surface area (Å²) < 4.78 is 11.7. The van der Waals surface area contributed by atoms with Crippen LogP contribution >= 0.6 is 0 Å². The summed E-state index contributed by atoms with van der Waals surface area (Å²) in [7, 11) is 1.62. The molecule has 0 atom stereocenters. The highest BCUT2D eigenvalue weighted by Gasteiger charge is 2.03. The monoisotopic (exact) mass is 193 g/mol. The molecule has 2 aromatic rings. The Labute approximate surface area is 81.3 Å². The van der Waals surface area contributed by atoms with Crippen molar-refractivity contribution < 1.29 is 9.26 Å². The molecular formula is C9H11N3O2. The van der Waals surface area contributed by atoms with Gasteiger partial charge in [-0.1, -0.05) is 5.16 Å². The number of ether oxygens (including phenoxy) is 1. The fourth-order valence-corrected chi connectivity index (χ4v) is 1.20. The van der Waals surface area contributed by atoms with Gasteiger partial charge in [-0.15, -0.1) is 0 Å². The number of methoxy groups -OCH3 is 1. The van der Waals surface area contributed by atoms with Crippen LogP contribution in [-0.4, -0.2) is 22.0 Å². The summed E-state index contributed by atoms with van der Waals surface area (Å²) in [5.41, 5.74) is 0.848. The number of aromatic nitrogens is 3. The molecule has 0 fully saturated rings. The highest BCUT2D eigenvalue weighted by molar-refractivity contribution is 5.04. The van der Waals surface area contributed by atoms with Crippen molar-refractivity contribution in [1.29, 1.82) is 0 Å². The standard InChI is InChI=1S/C9H11N3O2/c1-13-7-9-5-8(11-14-9)6-12-4-2-3-10-12/h2-5H,6-7H2,1H3. The van der Waals surface area contributed by atoms with Crippen LogP contribution in [0.4, 0.5) is 0 Å². The average molecular weight is 193 g/mol. The summed E-state index contributed by atoms with van der Waals surface area (Å²) in [6, 6.07) is 3.74. The molecule has 0 saturated heterocycles. The third-order valence-electron chi connectivity index (χ3n) is 1.78. The minimum Gasteiger partial charge on any atom is -0.377 e. The minimum absolute atomic E-state index is 0.451. The lowest BCUT2D eigenvalue weighted by Gasteiger charge is -1.94. The smallest absolute Gasteiger partial charge is 0.162 e. The van der Waals surface area contributed by atoms with Gasteiger partial charge in [0.2, 0.25) is 0 Å². The van der Waals surface area contributed by atoms with E-state index in [2.05, 4.69) is 10.3 Å². The van der Waals surface area contributed by atoms with Gasteiger partial charge >= 0.3 is 0 Å². The molecule has 0 aliphatic rings. The molecule has 5 heteroatoms. The normalized spacial score (nSPS) is 10.6. The minimum atomic E-state index is 0.451. The maximum Gasteiger partial charge on any atom is 0.162 e. The third kappa shape index (κ3) is 2.00. The van der Waals surface area contributed by atoms with Gasteiger partial charge in [0.05, 0.1) is 6.54 Å². The number of hydrogen-bond acceptors (Lipinski definition) is 4. The van der Waals surface area contributed by atoms with E-state index in [4.69, 9.17) is 9.26 Å². The van der Waals surface area contributed by atoms with Crippen molar-refractivity contribution in [2.24, 2.45) is 0 Å². The van der Waals surface area contributed by atoms with Crippen LogP contribution in [0.3, 0.4) is 0 Å². The van der Waals surface area contributed by atoms with Crippen LogP contribution in [0.1, 0.15) is 11.5 Å². The van der Waals surface area contributed by atoms with Crippen molar-refractivity contribution in [3.63, 3.8) is 0 Å². The van der Waals surface area contributed by atoms with E-state index in [1.54, 1.807) is 18.0 Å². The first-order chi connectivity index (χ1) is 6.88. The number of hydrogen-bond donors (Lipinski definition) is 0. The molecule has 0 spiro atoms. The highest BCUT2D eigenvalue weighted by Crippen LogP contribution is 2.05. The molecule has 2 aromatic heterocycles. The molecule has 74 valence electrons. The molecule has 0 bridgehead atoms. The zero-order chi connectivity index (χ0) is 9.80. The Morgan fingerprint density at radius 2 is 2.50 bits per heavy atom. The molecule has 0 saturated carbocycles. The molecule has 5 nitrogen and oxygen atoms in total. The zero-order valence-electron chi connectivity index (χ0n) is 7.88. The second-order valence-electron chi connectivity index (χ2n) is 2.92. The lowest BCUT2D eigenvalue weighted by Crippen LogP contribution is -1.99. The van der Waals surface area contributed by atoms with E-state index in [0.29, 0.717) is 13.2 Å². The Morgan fingerprint density at radius 1 is 1.57 bits per heavy atom. The van der Waals surface area contributed by atoms with Crippen molar-refractivity contribution in [2.75, 3.05) is 7.11 Å². The summed E-state index contributed by atoms with van der Waals surface area (Å²) in [4.78, 5) is 0. The largest absolute Gasteiger partial charge is 0.377 e. The Balaban J connectivity index is 2.03. The summed E-state index contributed by atoms with van der Waals surface area (Å²) in [6.45, 7) is 1.08. The maximum atomic E-state index is 5.04. The summed E-state index contributed by atoms with van der Waals surface area (Å²) in [5, 5.41) is 7.96. The van der Waals surface area contributed by atoms with Gasteiger partial charge in [0.15, 0.2) is 5.76 Å². The molecule has 0 unspecified atom stereocenters. The van der Waals surface area contributed by atoms with Crippen LogP contribution in [0, 0.1) is 0 Å². The van der Waals surface area contributed by atoms with Crippen molar-refractivity contribution >= 4 is 0 Å². The second-order valence-corrected chi connectivity index (χ2v) is 2.92. The molecule has 0 aliphatic heterocycles. The fraction of sp³-hybridized carbons (Fsp3) is 0.333. The topological polar surface area (TPSA) is 53.1 Å². The van der Waals surface area contributed by atoms with E-state index in [0.717, 1.165) is 11.5 Å². The van der Waals surface area contributed by atoms with Gasteiger partial charge in [-0.2, -0.15) is 5.10 Å². The molecule has 14 heavy (non-hydrogen) atoms. The lowest BCUT2D eigenvalue weighted by molar-refractivity contribution is 0.155. The van der Waals surface area contributed by atoms with Gasteiger partial charge in [-0.25, -0.2) is 0 Å². The quantitative estimate of drug-likeness (QED) is 0.728. The van der Waals surface area contributed by atoms with Crippen molar-refractivity contribution in [2.45, 2.75) is 13.2 Å². The molecule has 0 N–H and O–H groups in total. The maximum absolute atomic E-state index is 5.04. The zero-order valence-corrected chi connectivity index (χ0v) is 7.88. The van der Waals surface area contributed by atoms with Crippen LogP contribution in [0.25, 0.3) is 0 Å². The van der Waals surface area contributed by atoms with Crippen LogP contribution < -0.4 is 0 Å². The van der Waals surface area contributed by atoms with E-state index >= 15 is 0 Å². The Bertz CT molecular complexity index is 380. The van der Waals surface area contributed by atoms with E-state index in [9.17, 15) is 0 Å². The van der Waals surface area contributed by atoms with E-state index in [1.165, 1.54) is 0 Å². The predicted molar refractivity (Wildman–Crippen MR) is 48.5 cm³/mol. The summed E-state index contributed by atoms with van der Waals surface area (Å²) in [5.74, 6) is 0.731. The molecule has 0 radical (unpaired) electrons. The van der Waals surface area contributed by atoms with E-state index in [1.807, 2.05) is 18.3 Å². The Kier molecular flexibility index (Phi) is 2.60. The van der Waals surface area contributed by atoms with Gasteiger partial charge in [0.1, 0.15) is 12.3 Å². The molecule has 2 rings (SSSR count). The molecular weight excluding hydrogens is 182 g/mol. The van der Waals surface area contributed by atoms with Crippen LogP contribution in [0.5, 0.6) is 0 Å². The van der Waals surface area contributed by atoms with Gasteiger partial charge in [-0.05, 0) is 6.07 Å². The van der Waals surface area contributed by atoms with Gasteiger partial charge in [0, 0.05) is 25.6 Å². The SMILES string of the molecule is COCc1cc(Cn2cccn2)no1. The summed E-state index contributed by atoms with van der Waals surface area (Å²) in [6.07, 6.45) is 3.61. The van der Waals surface area contributed by atoms with E-state index in [-0.39, 0.29) is 0 Å². The van der Waals surface area contributed by atoms with Crippen LogP contribution in [0.2, 0.25) is 0 Å². The fourth-order valence-electron chi connectivity index (χ4n) is 1.20. The van der Waals surface area contributed by atoms with E-state index < -0.39 is 0 Å². The number of nitrogens with zero attached hydrogens (tertiary/aromatic N) is 3. The number of rotatable bonds is 4. The second kappa shape index (κ2) is 4.06. The van der Waals surface area contributed by atoms with Gasteiger partial charge in [0.25, 0.3) is 0 Å². The molecule has 2 heterocycles. The van der Waals surface area contributed by atoms with Gasteiger partial charge < -0.3 is 9.26 Å². The van der Waals surface area contributed by atoms with Gasteiger partial charge in [-0.3, -0.25) is 4.68 Å². The Hall–Kier alpha value is -1.62. The first-order valence-corrected chi connectivity index (χ1v) is 4.29. The average Bonchev–Trinajstić information content (AvgIpc) is 2.79. The van der Waals surface area contributed by atoms with Crippen molar-refractivity contribution in [3.8, 4) is 0 Å². The first-order valence-electron chi connectivity index (χ1n) is 4.29. The molecule has 0 aromatic carbocycles. The Morgan fingerprint density at radius 3 is 3.21 bits per heavy atom. The van der Waals surface area contributed by atoms with Crippen LogP contribution in [0.15, 0.2) is 29.0 Å². The highest BCUT2D eigenvalue weighted by atomic mass is 16.5. The van der Waals surface area contributed by atoms with Crippen LogP contribution in [-0.2, 0) is 17.9 Å². The predicted octanol–water partition coefficient (Wildman–Crippen LogP) is 1.07. The lowest BCUT2D eigenvalue weighted by atomic mass is 10.4. The third-order valence-corrected chi connectivity index (χ3v) is 1.78. The molecule has 0 amide bonds. The van der Waals surface area contributed by atoms with Crippen molar-refractivity contribution in [1.82, 2.24) is 14.9 Å².